The molecule has 3 amide bonds. The number of carbonyl (C=O) groups is 2. The number of anilines is 1. The lowest BCUT2D eigenvalue weighted by atomic mass is 10.1. The molecule has 1 atom stereocenters. The molecular weight excluding hydrogens is 352 g/mol. The molecule has 136 valence electrons. The van der Waals surface area contributed by atoms with Gasteiger partial charge in [-0.2, -0.15) is 0 Å². The molecule has 0 bridgehead atoms. The van der Waals surface area contributed by atoms with Crippen LogP contribution in [-0.4, -0.2) is 44.1 Å². The number of imide groups is 1. The predicted molar refractivity (Wildman–Crippen MR) is 98.7 cm³/mol. The van der Waals surface area contributed by atoms with Crippen LogP contribution in [0.5, 0.6) is 0 Å². The van der Waals surface area contributed by atoms with Crippen LogP contribution in [0.3, 0.4) is 0 Å². The van der Waals surface area contributed by atoms with Crippen LogP contribution < -0.4 is 4.90 Å². The third kappa shape index (κ3) is 3.35. The number of sulfone groups is 1. The Morgan fingerprint density at radius 1 is 0.962 bits per heavy atom. The fraction of sp³-hybridized carbons (Fsp3) is 0.263. The molecule has 7 heteroatoms. The van der Waals surface area contributed by atoms with E-state index in [9.17, 15) is 18.0 Å². The van der Waals surface area contributed by atoms with E-state index >= 15 is 0 Å². The highest BCUT2D eigenvalue weighted by Gasteiger charge is 2.44. The first-order valence-electron chi connectivity index (χ1n) is 8.31. The van der Waals surface area contributed by atoms with E-state index in [4.69, 9.17) is 0 Å². The molecule has 0 aliphatic carbocycles. The maximum Gasteiger partial charge on any atom is 0.332 e. The Kier molecular flexibility index (Phi) is 4.82. The number of amides is 3. The molecule has 0 N–H and O–H groups in total. The van der Waals surface area contributed by atoms with E-state index in [1.54, 1.807) is 4.90 Å². The van der Waals surface area contributed by atoms with Gasteiger partial charge in [0.1, 0.15) is 6.04 Å². The first kappa shape index (κ1) is 18.1. The second-order valence-corrected chi connectivity index (χ2v) is 8.23. The second kappa shape index (κ2) is 6.92. The fourth-order valence-corrected chi connectivity index (χ4v) is 3.74. The van der Waals surface area contributed by atoms with Crippen molar-refractivity contribution in [3.05, 3.63) is 60.2 Å². The summed E-state index contributed by atoms with van der Waals surface area (Å²) in [6, 6.07) is 14.4. The Balaban J connectivity index is 1.91. The van der Waals surface area contributed by atoms with Crippen molar-refractivity contribution in [1.29, 1.82) is 0 Å². The van der Waals surface area contributed by atoms with Crippen LogP contribution in [0.1, 0.15) is 12.5 Å². The van der Waals surface area contributed by atoms with Gasteiger partial charge in [-0.15, -0.1) is 0 Å². The lowest BCUT2D eigenvalue weighted by Gasteiger charge is -2.19. The Bertz CT molecular complexity index is 924. The van der Waals surface area contributed by atoms with E-state index in [2.05, 4.69) is 0 Å². The molecule has 0 spiro atoms. The molecule has 0 radical (unpaired) electrons. The van der Waals surface area contributed by atoms with Gasteiger partial charge in [0, 0.05) is 19.2 Å². The van der Waals surface area contributed by atoms with Gasteiger partial charge in [0.25, 0.3) is 5.91 Å². The van der Waals surface area contributed by atoms with Crippen LogP contribution in [0, 0.1) is 0 Å². The van der Waals surface area contributed by atoms with E-state index in [0.717, 1.165) is 16.7 Å². The maximum atomic E-state index is 12.9. The quantitative estimate of drug-likeness (QED) is 0.756. The summed E-state index contributed by atoms with van der Waals surface area (Å²) in [5.41, 5.74) is 1.35. The summed E-state index contributed by atoms with van der Waals surface area (Å²) in [7, 11) is -3.34. The zero-order chi connectivity index (χ0) is 18.9. The monoisotopic (exact) mass is 372 g/mol. The van der Waals surface area contributed by atoms with Gasteiger partial charge in [-0.05, 0) is 36.8 Å². The van der Waals surface area contributed by atoms with Crippen molar-refractivity contribution in [2.45, 2.75) is 24.3 Å². The van der Waals surface area contributed by atoms with Crippen LogP contribution in [0.2, 0.25) is 0 Å². The van der Waals surface area contributed by atoms with E-state index < -0.39 is 15.9 Å². The molecule has 26 heavy (non-hydrogen) atoms. The van der Waals surface area contributed by atoms with Crippen molar-refractivity contribution in [3.8, 4) is 0 Å². The third-order valence-electron chi connectivity index (χ3n) is 4.45. The average molecular weight is 372 g/mol. The highest BCUT2D eigenvalue weighted by atomic mass is 32.2. The molecular formula is C19H20N2O4S. The van der Waals surface area contributed by atoms with Gasteiger partial charge in [-0.25, -0.2) is 18.1 Å². The Morgan fingerprint density at radius 2 is 1.58 bits per heavy atom. The molecule has 6 nitrogen and oxygen atoms in total. The highest BCUT2D eigenvalue weighted by Crippen LogP contribution is 2.28. The minimum atomic E-state index is -3.34. The summed E-state index contributed by atoms with van der Waals surface area (Å²) in [4.78, 5) is 28.5. The largest absolute Gasteiger partial charge is 0.332 e. The number of urea groups is 1. The van der Waals surface area contributed by atoms with Crippen LogP contribution in [-0.2, 0) is 21.1 Å². The van der Waals surface area contributed by atoms with Gasteiger partial charge >= 0.3 is 6.03 Å². The lowest BCUT2D eigenvalue weighted by molar-refractivity contribution is -0.119. The van der Waals surface area contributed by atoms with E-state index in [0.29, 0.717) is 18.7 Å². The number of carbonyl (C=O) groups excluding carboxylic acids is 2. The molecule has 1 aliphatic rings. The zero-order valence-electron chi connectivity index (χ0n) is 14.6. The molecule has 1 fully saturated rings. The molecule has 1 unspecified atom stereocenters. The van der Waals surface area contributed by atoms with Crippen molar-refractivity contribution in [2.75, 3.05) is 17.7 Å². The smallest absolute Gasteiger partial charge is 0.312 e. The molecule has 2 aromatic carbocycles. The summed E-state index contributed by atoms with van der Waals surface area (Å²) in [5.74, 6) is -0.298. The topological polar surface area (TPSA) is 74.8 Å². The van der Waals surface area contributed by atoms with Crippen LogP contribution in [0.4, 0.5) is 10.5 Å². The minimum Gasteiger partial charge on any atom is -0.312 e. The molecule has 1 aliphatic heterocycles. The molecule has 0 saturated carbocycles. The van der Waals surface area contributed by atoms with E-state index in [1.807, 2.05) is 37.3 Å². The number of nitrogens with zero attached hydrogens (tertiary/aromatic N) is 2. The Morgan fingerprint density at radius 3 is 2.12 bits per heavy atom. The predicted octanol–water partition coefficient (Wildman–Crippen LogP) is 2.49. The van der Waals surface area contributed by atoms with E-state index in [1.165, 1.54) is 24.3 Å². The van der Waals surface area contributed by atoms with Crippen molar-refractivity contribution < 1.29 is 18.0 Å². The van der Waals surface area contributed by atoms with Crippen molar-refractivity contribution in [1.82, 2.24) is 4.90 Å². The van der Waals surface area contributed by atoms with Crippen molar-refractivity contribution in [2.24, 2.45) is 0 Å². The Labute approximate surface area is 153 Å². The number of likely N-dealkylation sites (N-methyl/N-ethyl adjacent to an activating group) is 1. The maximum absolute atomic E-state index is 12.9. The number of benzene rings is 2. The first-order chi connectivity index (χ1) is 12.3. The van der Waals surface area contributed by atoms with Gasteiger partial charge in [-0.1, -0.05) is 30.3 Å². The SMILES string of the molecule is CCN1C(=O)N(c2ccc(S(C)(=O)=O)cc2)C(=O)C1Cc1ccccc1. The number of rotatable bonds is 5. The summed E-state index contributed by atoms with van der Waals surface area (Å²) in [6.45, 7) is 2.25. The van der Waals surface area contributed by atoms with Gasteiger partial charge in [0.05, 0.1) is 10.6 Å². The minimum absolute atomic E-state index is 0.147. The van der Waals surface area contributed by atoms with Crippen molar-refractivity contribution in [3.63, 3.8) is 0 Å². The average Bonchev–Trinajstić information content (AvgIpc) is 2.85. The van der Waals surface area contributed by atoms with Crippen LogP contribution >= 0.6 is 0 Å². The molecule has 3 rings (SSSR count). The van der Waals surface area contributed by atoms with Gasteiger partial charge < -0.3 is 4.90 Å². The normalized spacial score (nSPS) is 17.8. The van der Waals surface area contributed by atoms with E-state index in [-0.39, 0.29) is 16.8 Å². The molecule has 2 aromatic rings. The highest BCUT2D eigenvalue weighted by molar-refractivity contribution is 7.90. The molecule has 1 heterocycles. The van der Waals surface area contributed by atoms with Crippen molar-refractivity contribution >= 4 is 27.5 Å². The van der Waals surface area contributed by atoms with Gasteiger partial charge in [0.15, 0.2) is 9.84 Å². The summed E-state index contributed by atoms with van der Waals surface area (Å²) in [6.07, 6.45) is 1.56. The summed E-state index contributed by atoms with van der Waals surface area (Å²) < 4.78 is 23.2. The van der Waals surface area contributed by atoms with Crippen LogP contribution in [0.25, 0.3) is 0 Å². The zero-order valence-corrected chi connectivity index (χ0v) is 15.4. The standard InChI is InChI=1S/C19H20N2O4S/c1-3-20-17(13-14-7-5-4-6-8-14)18(22)21(19(20)23)15-9-11-16(12-10-15)26(2,24)25/h4-12,17H,3,13H2,1-2H3. The fourth-order valence-electron chi connectivity index (χ4n) is 3.11. The Hall–Kier alpha value is -2.67. The number of hydrogen-bond acceptors (Lipinski definition) is 4. The summed E-state index contributed by atoms with van der Waals surface area (Å²) >= 11 is 0. The second-order valence-electron chi connectivity index (χ2n) is 6.21. The van der Waals surface area contributed by atoms with Gasteiger partial charge in [0.2, 0.25) is 0 Å². The summed E-state index contributed by atoms with van der Waals surface area (Å²) in [5, 5.41) is 0. The van der Waals surface area contributed by atoms with Crippen LogP contribution in [0.15, 0.2) is 59.5 Å². The number of hydrogen-bond donors (Lipinski definition) is 0. The lowest BCUT2D eigenvalue weighted by Crippen LogP contribution is -2.36. The molecule has 0 aromatic heterocycles. The molecule has 1 saturated heterocycles. The first-order valence-corrected chi connectivity index (χ1v) is 10.2. The van der Waals surface area contributed by atoms with Gasteiger partial charge in [-0.3, -0.25) is 4.79 Å². The third-order valence-corrected chi connectivity index (χ3v) is 5.58.